The topological polar surface area (TPSA) is 329 Å². The number of carboxylic acid groups (broad SMARTS) is 1. The van der Waals surface area contributed by atoms with Gasteiger partial charge in [0, 0.05) is 28.3 Å². The number of phenols is 3. The Bertz CT molecular complexity index is 2220. The molecule has 2 aliphatic carbocycles. The third-order valence-corrected chi connectivity index (χ3v) is 10.7. The number of ketones is 2. The van der Waals surface area contributed by atoms with E-state index in [4.69, 9.17) is 23.7 Å². The molecule has 2 aliphatic heterocycles. The average molecular weight is 814 g/mol. The molecular weight excluding hydrogens is 774 g/mol. The van der Waals surface area contributed by atoms with Gasteiger partial charge >= 0.3 is 5.97 Å². The predicted octanol–water partition coefficient (Wildman–Crippen LogP) is -1.23. The van der Waals surface area contributed by atoms with E-state index in [0.717, 1.165) is 12.1 Å². The molecule has 11 N–H and O–H groups in total. The Balaban J connectivity index is 1.36. The minimum atomic E-state index is -1.95. The number of rotatable bonds is 8. The molecule has 58 heavy (non-hydrogen) atoms. The number of carbonyl (C=O) groups is 4. The molecule has 4 aliphatic rings. The smallest absolute Gasteiger partial charge is 0.322 e. The fourth-order valence-electron chi connectivity index (χ4n) is 7.79. The summed E-state index contributed by atoms with van der Waals surface area (Å²) < 4.78 is 28.0. The highest BCUT2D eigenvalue weighted by Gasteiger charge is 2.51. The first-order chi connectivity index (χ1) is 27.4. The number of fused-ring (bicyclic) bond motifs is 5. The van der Waals surface area contributed by atoms with Gasteiger partial charge < -0.3 is 80.1 Å². The Hall–Kier alpha value is -5.26. The summed E-state index contributed by atoms with van der Waals surface area (Å²) in [5, 5.41) is 111. The molecule has 0 bridgehead atoms. The minimum Gasteiger partial charge on any atom is -0.507 e. The van der Waals surface area contributed by atoms with Crippen LogP contribution in [-0.2, 0) is 23.7 Å². The number of aliphatic hydroxyl groups is 6. The Labute approximate surface area is 327 Å². The van der Waals surface area contributed by atoms with E-state index in [0.29, 0.717) is 0 Å². The summed E-state index contributed by atoms with van der Waals surface area (Å²) in [6.07, 6.45) is -18.5. The van der Waals surface area contributed by atoms with E-state index in [2.05, 4.69) is 5.32 Å². The van der Waals surface area contributed by atoms with Crippen molar-refractivity contribution < 1.29 is 93.9 Å². The Morgan fingerprint density at radius 2 is 1.45 bits per heavy atom. The summed E-state index contributed by atoms with van der Waals surface area (Å²) in [5.41, 5.74) is -3.65. The van der Waals surface area contributed by atoms with Gasteiger partial charge in [0.05, 0.1) is 36.5 Å². The van der Waals surface area contributed by atoms with Crippen LogP contribution in [0.5, 0.6) is 23.0 Å². The largest absolute Gasteiger partial charge is 0.507 e. The maximum Gasteiger partial charge on any atom is 0.322 e. The molecule has 3 aromatic rings. The predicted molar refractivity (Wildman–Crippen MR) is 189 cm³/mol. The maximum absolute atomic E-state index is 14.0. The van der Waals surface area contributed by atoms with Crippen molar-refractivity contribution in [2.24, 2.45) is 0 Å². The van der Waals surface area contributed by atoms with Crippen LogP contribution >= 0.6 is 0 Å². The van der Waals surface area contributed by atoms with Gasteiger partial charge in [0.2, 0.25) is 0 Å². The highest BCUT2D eigenvalue weighted by atomic mass is 16.7. The van der Waals surface area contributed by atoms with Crippen molar-refractivity contribution in [1.82, 2.24) is 5.32 Å². The van der Waals surface area contributed by atoms with Crippen LogP contribution in [0.15, 0.2) is 24.3 Å². The van der Waals surface area contributed by atoms with Crippen LogP contribution in [0, 0.1) is 6.92 Å². The van der Waals surface area contributed by atoms with Crippen molar-refractivity contribution in [2.45, 2.75) is 81.4 Å². The van der Waals surface area contributed by atoms with Crippen LogP contribution in [-0.4, -0.2) is 150 Å². The number of benzene rings is 3. The van der Waals surface area contributed by atoms with Gasteiger partial charge in [-0.05, 0) is 42.7 Å². The summed E-state index contributed by atoms with van der Waals surface area (Å²) in [4.78, 5) is 52.5. The van der Waals surface area contributed by atoms with E-state index in [9.17, 15) is 70.2 Å². The first-order valence-corrected chi connectivity index (χ1v) is 17.8. The van der Waals surface area contributed by atoms with Crippen LogP contribution in [0.25, 0.3) is 11.1 Å². The van der Waals surface area contributed by atoms with E-state index < -0.39 is 155 Å². The monoisotopic (exact) mass is 813 g/mol. The molecule has 0 aromatic heterocycles. The van der Waals surface area contributed by atoms with Gasteiger partial charge in [-0.25, -0.2) is 0 Å². The van der Waals surface area contributed by atoms with Gasteiger partial charge in [-0.15, -0.1) is 0 Å². The molecule has 20 heteroatoms. The molecule has 11 atom stereocenters. The van der Waals surface area contributed by atoms with E-state index in [1.165, 1.54) is 33.1 Å². The summed E-state index contributed by atoms with van der Waals surface area (Å²) in [7, 11) is 1.25. The molecule has 1 amide bonds. The van der Waals surface area contributed by atoms with Crippen LogP contribution in [0.2, 0.25) is 0 Å². The van der Waals surface area contributed by atoms with Crippen molar-refractivity contribution in [1.29, 1.82) is 0 Å². The number of carboxylic acids is 1. The fraction of sp³-hybridized carbons (Fsp3) is 0.421. The number of carbonyl (C=O) groups excluding carboxylic acids is 3. The Kier molecular flexibility index (Phi) is 10.7. The number of aliphatic hydroxyl groups excluding tert-OH is 6. The van der Waals surface area contributed by atoms with E-state index in [1.807, 2.05) is 0 Å². The first-order valence-electron chi connectivity index (χ1n) is 17.8. The zero-order chi connectivity index (χ0) is 42.2. The molecule has 7 rings (SSSR count). The third-order valence-electron chi connectivity index (χ3n) is 10.7. The van der Waals surface area contributed by atoms with Crippen LogP contribution in [0.3, 0.4) is 0 Å². The van der Waals surface area contributed by atoms with E-state index in [1.54, 1.807) is 0 Å². The first kappa shape index (κ1) is 40.9. The fourth-order valence-corrected chi connectivity index (χ4v) is 7.79. The molecule has 3 aromatic carbocycles. The van der Waals surface area contributed by atoms with E-state index >= 15 is 0 Å². The van der Waals surface area contributed by atoms with Crippen molar-refractivity contribution in [3.05, 3.63) is 68.8 Å². The molecular formula is C38H39NO19. The summed E-state index contributed by atoms with van der Waals surface area (Å²) in [5.74, 6) is -6.79. The average Bonchev–Trinajstić information content (AvgIpc) is 3.17. The number of aromatic hydroxyl groups is 3. The normalized spacial score (nSPS) is 30.1. The molecule has 2 unspecified atom stereocenters. The zero-order valence-electron chi connectivity index (χ0n) is 30.7. The van der Waals surface area contributed by atoms with Crippen molar-refractivity contribution in [3.8, 4) is 34.1 Å². The lowest BCUT2D eigenvalue weighted by Crippen LogP contribution is -2.62. The lowest BCUT2D eigenvalue weighted by Gasteiger charge is -2.45. The summed E-state index contributed by atoms with van der Waals surface area (Å²) >= 11 is 0. The number of amides is 1. The van der Waals surface area contributed by atoms with Crippen LogP contribution in [0.1, 0.15) is 78.0 Å². The second-order valence-electron chi connectivity index (χ2n) is 14.3. The second kappa shape index (κ2) is 15.2. The summed E-state index contributed by atoms with van der Waals surface area (Å²) in [6.45, 7) is 1.40. The van der Waals surface area contributed by atoms with Crippen molar-refractivity contribution >= 4 is 23.4 Å². The molecule has 0 spiro atoms. The molecule has 0 saturated carbocycles. The molecule has 20 nitrogen and oxygen atoms in total. The molecule has 310 valence electrons. The maximum atomic E-state index is 14.0. The SMILES string of the molecule is COc1cc(O)c2c(c1)C(=O)c1c(cc3c(c1O)-c1c(cc(C)c(C(=O)NCC(=O)O)c1O)C(O[C@@H]1O[C@H](C)[C@H](O)[C@H](O[C@@H]4OC[C@@H](O)[C@H](O)[C@H]4O)[C@H]1O)C3O)C2=O. The Morgan fingerprint density at radius 1 is 0.793 bits per heavy atom. The molecule has 2 saturated heterocycles. The number of hydrogen-bond donors (Lipinski definition) is 11. The number of ether oxygens (including phenoxy) is 5. The molecule has 2 heterocycles. The van der Waals surface area contributed by atoms with Gasteiger partial charge in [0.25, 0.3) is 5.91 Å². The van der Waals surface area contributed by atoms with Gasteiger partial charge in [-0.2, -0.15) is 0 Å². The van der Waals surface area contributed by atoms with Crippen molar-refractivity contribution in [3.63, 3.8) is 0 Å². The van der Waals surface area contributed by atoms with Gasteiger partial charge in [-0.1, -0.05) is 6.07 Å². The number of aliphatic carboxylic acids is 1. The number of hydrogen-bond acceptors (Lipinski definition) is 18. The van der Waals surface area contributed by atoms with Crippen LogP contribution in [0.4, 0.5) is 0 Å². The van der Waals surface area contributed by atoms with E-state index in [-0.39, 0.29) is 28.0 Å². The Morgan fingerprint density at radius 3 is 2.12 bits per heavy atom. The number of methoxy groups -OCH3 is 1. The number of nitrogens with one attached hydrogen (secondary N) is 1. The van der Waals surface area contributed by atoms with Gasteiger partial charge in [-0.3, -0.25) is 19.2 Å². The third kappa shape index (κ3) is 6.52. The minimum absolute atomic E-state index is 0.00267. The van der Waals surface area contributed by atoms with Gasteiger partial charge in [0.1, 0.15) is 78.4 Å². The number of aryl methyl sites for hydroxylation is 1. The standard InChI is InChI=1S/C38H39NO19/c1-10-4-16-23(30(49)20(10)36(53)39-8-19(42)43)22-14(7-15-24(31(22)50)27(46)13-5-12(54-3)6-17(40)21(13)26(15)45)28(47)34(16)57-38-33(52)35(25(44)11(2)56-38)58-37-32(51)29(48)18(41)9-55-37/h4-7,11,18,25,28-29,32-35,37-38,40-41,44,47-52H,8-9H2,1-3H3,(H,39,53)(H,42,43)/t11-,18-,25+,28?,29+,32-,33-,34?,35+,37+,38+/m1/s1. The van der Waals surface area contributed by atoms with Crippen molar-refractivity contribution in [2.75, 3.05) is 20.3 Å². The van der Waals surface area contributed by atoms with Gasteiger partial charge in [0.15, 0.2) is 24.1 Å². The highest BCUT2D eigenvalue weighted by molar-refractivity contribution is 6.31. The van der Waals surface area contributed by atoms with Crippen LogP contribution < -0.4 is 10.1 Å². The number of phenolic OH excluding ortho intramolecular Hbond substituents is 3. The zero-order valence-corrected chi connectivity index (χ0v) is 30.7. The second-order valence-corrected chi connectivity index (χ2v) is 14.3. The molecule has 0 radical (unpaired) electrons. The molecule has 2 fully saturated rings. The quantitative estimate of drug-likeness (QED) is 0.0992. The summed E-state index contributed by atoms with van der Waals surface area (Å²) in [6, 6.07) is 4.55. The lowest BCUT2D eigenvalue weighted by atomic mass is 9.74. The lowest BCUT2D eigenvalue weighted by molar-refractivity contribution is -0.353. The highest BCUT2D eigenvalue weighted by Crippen LogP contribution is 2.57.